The Hall–Kier alpha value is -2.60. The fourth-order valence-electron chi connectivity index (χ4n) is 4.23. The number of ether oxygens (including phenoxy) is 1. The molecule has 2 aromatic rings. The molecule has 2 aromatic carbocycles. The van der Waals surface area contributed by atoms with Crippen LogP contribution in [0.3, 0.4) is 0 Å². The Balaban J connectivity index is 1.39. The van der Waals surface area contributed by atoms with E-state index >= 15 is 0 Å². The zero-order chi connectivity index (χ0) is 21.1. The summed E-state index contributed by atoms with van der Waals surface area (Å²) in [4.78, 5) is 14.6. The maximum absolute atomic E-state index is 12.6. The predicted octanol–water partition coefficient (Wildman–Crippen LogP) is 4.90. The van der Waals surface area contributed by atoms with Crippen LogP contribution >= 0.6 is 12.2 Å². The minimum Gasteiger partial charge on any atom is -0.487 e. The van der Waals surface area contributed by atoms with E-state index in [0.29, 0.717) is 5.11 Å². The second-order valence-electron chi connectivity index (χ2n) is 8.68. The molecule has 1 amide bonds. The molecule has 5 nitrogen and oxygen atoms in total. The molecule has 0 saturated carbocycles. The van der Waals surface area contributed by atoms with E-state index in [4.69, 9.17) is 17.0 Å². The lowest BCUT2D eigenvalue weighted by atomic mass is 9.90. The Kier molecular flexibility index (Phi) is 5.95. The molecule has 0 radical (unpaired) electrons. The standard InChI is InChI=1S/C24H29N3O2S/c1-24(2)16-20(19-8-4-5-9-21(19)29-24)26-23(30)25-18-12-10-17(11-13-18)22(28)27-14-6-3-7-15-27/h4-5,8-13,20H,3,6-7,14-16H2,1-2H3,(H2,25,26,30)/t20-/m0/s1. The number of nitrogens with one attached hydrogen (secondary N) is 2. The second kappa shape index (κ2) is 8.64. The molecule has 4 rings (SSSR count). The van der Waals surface area contributed by atoms with Crippen molar-refractivity contribution in [2.75, 3.05) is 18.4 Å². The number of piperidine rings is 1. The van der Waals surface area contributed by atoms with Crippen LogP contribution in [0.15, 0.2) is 48.5 Å². The number of rotatable bonds is 3. The van der Waals surface area contributed by atoms with Gasteiger partial charge in [0.15, 0.2) is 5.11 Å². The molecule has 0 bridgehead atoms. The highest BCUT2D eigenvalue weighted by Crippen LogP contribution is 2.39. The number of amides is 1. The molecule has 0 aromatic heterocycles. The smallest absolute Gasteiger partial charge is 0.253 e. The number of hydrogen-bond donors (Lipinski definition) is 2. The van der Waals surface area contributed by atoms with E-state index in [1.165, 1.54) is 6.42 Å². The fraction of sp³-hybridized carbons (Fsp3) is 0.417. The van der Waals surface area contributed by atoms with Gasteiger partial charge in [-0.25, -0.2) is 0 Å². The van der Waals surface area contributed by atoms with Gasteiger partial charge in [-0.1, -0.05) is 18.2 Å². The molecule has 2 N–H and O–H groups in total. The number of fused-ring (bicyclic) bond motifs is 1. The zero-order valence-electron chi connectivity index (χ0n) is 17.6. The minimum absolute atomic E-state index is 0.0740. The number of hydrogen-bond acceptors (Lipinski definition) is 3. The molecule has 2 aliphatic rings. The average molecular weight is 424 g/mol. The third-order valence-corrected chi connectivity index (χ3v) is 5.93. The van der Waals surface area contributed by atoms with Crippen LogP contribution in [-0.4, -0.2) is 34.6 Å². The number of benzene rings is 2. The molecule has 0 spiro atoms. The van der Waals surface area contributed by atoms with E-state index in [-0.39, 0.29) is 17.6 Å². The van der Waals surface area contributed by atoms with Gasteiger partial charge < -0.3 is 20.3 Å². The van der Waals surface area contributed by atoms with Crippen molar-refractivity contribution in [2.45, 2.75) is 51.2 Å². The van der Waals surface area contributed by atoms with Crippen molar-refractivity contribution in [2.24, 2.45) is 0 Å². The summed E-state index contributed by atoms with van der Waals surface area (Å²) in [6.45, 7) is 5.89. The SMILES string of the molecule is CC1(C)C[C@H](NC(=S)Nc2ccc(C(=O)N3CCCCC3)cc2)c2ccccc2O1. The third-order valence-electron chi connectivity index (χ3n) is 5.71. The van der Waals surface area contributed by atoms with Crippen LogP contribution in [0.2, 0.25) is 0 Å². The van der Waals surface area contributed by atoms with Crippen LogP contribution in [0.25, 0.3) is 0 Å². The summed E-state index contributed by atoms with van der Waals surface area (Å²) in [7, 11) is 0. The first-order valence-electron chi connectivity index (χ1n) is 10.7. The van der Waals surface area contributed by atoms with E-state index < -0.39 is 0 Å². The highest BCUT2D eigenvalue weighted by Gasteiger charge is 2.33. The summed E-state index contributed by atoms with van der Waals surface area (Å²) < 4.78 is 6.10. The fourth-order valence-corrected chi connectivity index (χ4v) is 4.49. The summed E-state index contributed by atoms with van der Waals surface area (Å²) in [6.07, 6.45) is 4.22. The molecule has 30 heavy (non-hydrogen) atoms. The van der Waals surface area contributed by atoms with Crippen molar-refractivity contribution in [1.29, 1.82) is 0 Å². The molecule has 1 fully saturated rings. The van der Waals surface area contributed by atoms with Crippen molar-refractivity contribution in [3.05, 3.63) is 59.7 Å². The van der Waals surface area contributed by atoms with Gasteiger partial charge in [-0.15, -0.1) is 0 Å². The number of thiocarbonyl (C=S) groups is 1. The van der Waals surface area contributed by atoms with Crippen molar-refractivity contribution in [1.82, 2.24) is 10.2 Å². The normalized spacial score (nSPS) is 19.9. The molecule has 0 unspecified atom stereocenters. The summed E-state index contributed by atoms with van der Waals surface area (Å²) in [5.74, 6) is 1.01. The number of para-hydroxylation sites is 1. The quantitative estimate of drug-likeness (QED) is 0.688. The zero-order valence-corrected chi connectivity index (χ0v) is 18.4. The maximum atomic E-state index is 12.6. The lowest BCUT2D eigenvalue weighted by Gasteiger charge is -2.38. The number of carbonyl (C=O) groups excluding carboxylic acids is 1. The van der Waals surface area contributed by atoms with Gasteiger partial charge in [-0.05, 0) is 75.7 Å². The first-order valence-corrected chi connectivity index (χ1v) is 11.1. The number of carbonyl (C=O) groups is 1. The largest absolute Gasteiger partial charge is 0.487 e. The third kappa shape index (κ3) is 4.75. The second-order valence-corrected chi connectivity index (χ2v) is 9.09. The van der Waals surface area contributed by atoms with Gasteiger partial charge in [-0.2, -0.15) is 0 Å². The van der Waals surface area contributed by atoms with Gasteiger partial charge in [0.25, 0.3) is 5.91 Å². The Morgan fingerprint density at radius 3 is 2.50 bits per heavy atom. The molecule has 158 valence electrons. The average Bonchev–Trinajstić information content (AvgIpc) is 2.73. The van der Waals surface area contributed by atoms with E-state index in [1.807, 2.05) is 47.4 Å². The Morgan fingerprint density at radius 1 is 1.07 bits per heavy atom. The van der Waals surface area contributed by atoms with Crippen LogP contribution in [0, 0.1) is 0 Å². The van der Waals surface area contributed by atoms with Gasteiger partial charge in [0.05, 0.1) is 6.04 Å². The monoisotopic (exact) mass is 423 g/mol. The van der Waals surface area contributed by atoms with E-state index in [2.05, 4.69) is 30.5 Å². The van der Waals surface area contributed by atoms with Crippen LogP contribution in [0.1, 0.15) is 61.5 Å². The van der Waals surface area contributed by atoms with Crippen molar-refractivity contribution in [3.63, 3.8) is 0 Å². The summed E-state index contributed by atoms with van der Waals surface area (Å²) >= 11 is 5.57. The number of anilines is 1. The Bertz CT molecular complexity index is 920. The molecule has 2 aliphatic heterocycles. The lowest BCUT2D eigenvalue weighted by Crippen LogP contribution is -2.42. The van der Waals surface area contributed by atoms with Crippen molar-refractivity contribution < 1.29 is 9.53 Å². The van der Waals surface area contributed by atoms with Gasteiger partial charge in [0.1, 0.15) is 11.4 Å². The molecular weight excluding hydrogens is 394 g/mol. The number of likely N-dealkylation sites (tertiary alicyclic amines) is 1. The first kappa shape index (κ1) is 20.7. The highest BCUT2D eigenvalue weighted by atomic mass is 32.1. The highest BCUT2D eigenvalue weighted by molar-refractivity contribution is 7.80. The Labute approximate surface area is 183 Å². The van der Waals surface area contributed by atoms with E-state index in [9.17, 15) is 4.79 Å². The number of nitrogens with zero attached hydrogens (tertiary/aromatic N) is 1. The maximum Gasteiger partial charge on any atom is 0.253 e. The van der Waals surface area contributed by atoms with Crippen LogP contribution in [0.5, 0.6) is 5.75 Å². The summed E-state index contributed by atoms with van der Waals surface area (Å²) in [5.41, 5.74) is 2.44. The first-order chi connectivity index (χ1) is 14.4. The van der Waals surface area contributed by atoms with Crippen molar-refractivity contribution >= 4 is 28.9 Å². The molecule has 2 heterocycles. The van der Waals surface area contributed by atoms with E-state index in [1.54, 1.807) is 0 Å². The van der Waals surface area contributed by atoms with Crippen LogP contribution < -0.4 is 15.4 Å². The topological polar surface area (TPSA) is 53.6 Å². The Morgan fingerprint density at radius 2 is 1.77 bits per heavy atom. The molecule has 0 aliphatic carbocycles. The summed E-state index contributed by atoms with van der Waals surface area (Å²) in [5, 5.41) is 7.24. The molecule has 1 atom stereocenters. The molecule has 6 heteroatoms. The van der Waals surface area contributed by atoms with Gasteiger partial charge >= 0.3 is 0 Å². The van der Waals surface area contributed by atoms with Gasteiger partial charge in [0.2, 0.25) is 0 Å². The van der Waals surface area contributed by atoms with Gasteiger partial charge in [-0.3, -0.25) is 4.79 Å². The summed E-state index contributed by atoms with van der Waals surface area (Å²) in [6, 6.07) is 15.7. The van der Waals surface area contributed by atoms with Crippen LogP contribution in [-0.2, 0) is 0 Å². The lowest BCUT2D eigenvalue weighted by molar-refractivity contribution is 0.0696. The van der Waals surface area contributed by atoms with Crippen LogP contribution in [0.4, 0.5) is 5.69 Å². The van der Waals surface area contributed by atoms with Gasteiger partial charge in [0, 0.05) is 36.3 Å². The predicted molar refractivity (Wildman–Crippen MR) is 124 cm³/mol. The molecule has 1 saturated heterocycles. The molecular formula is C24H29N3O2S. The minimum atomic E-state index is -0.266. The van der Waals surface area contributed by atoms with E-state index in [0.717, 1.165) is 54.9 Å². The van der Waals surface area contributed by atoms with Crippen molar-refractivity contribution in [3.8, 4) is 5.75 Å².